The number of hydroxylamine groups is 1. The molecule has 4 nitrogen and oxygen atoms in total. The molecular weight excluding hydrogens is 178 g/mol. The van der Waals surface area contributed by atoms with E-state index >= 15 is 0 Å². The van der Waals surface area contributed by atoms with Gasteiger partial charge in [0.2, 0.25) is 0 Å². The van der Waals surface area contributed by atoms with Crippen molar-refractivity contribution in [3.8, 4) is 0 Å². The highest BCUT2D eigenvalue weighted by Gasteiger charge is 1.98. The number of para-hydroxylation sites is 1. The van der Waals surface area contributed by atoms with E-state index in [0.717, 1.165) is 0 Å². The van der Waals surface area contributed by atoms with Gasteiger partial charge in [-0.25, -0.2) is 9.27 Å². The van der Waals surface area contributed by atoms with Crippen molar-refractivity contribution in [2.45, 2.75) is 0 Å². The molecule has 0 aliphatic heterocycles. The zero-order valence-electron chi connectivity index (χ0n) is 6.47. The number of benzene rings is 1. The van der Waals surface area contributed by atoms with E-state index in [-0.39, 0.29) is 0 Å². The van der Waals surface area contributed by atoms with E-state index in [0.29, 0.717) is 5.69 Å². The van der Waals surface area contributed by atoms with Crippen LogP contribution in [0.4, 0.5) is 5.69 Å². The van der Waals surface area contributed by atoms with Crippen LogP contribution in [0.2, 0.25) is 0 Å². The Bertz CT molecular complexity index is 265. The predicted molar refractivity (Wildman–Crippen MR) is 44.8 cm³/mol. The number of anilines is 1. The molecule has 0 spiro atoms. The monoisotopic (exact) mass is 186 g/mol. The number of rotatable bonds is 3. The van der Waals surface area contributed by atoms with Gasteiger partial charge in [-0.3, -0.25) is 0 Å². The second-order valence-corrected chi connectivity index (χ2v) is 2.67. The summed E-state index contributed by atoms with van der Waals surface area (Å²) >= 11 is -2.52. The molecule has 1 rings (SSSR count). The highest BCUT2D eigenvalue weighted by molar-refractivity contribution is 7.74. The summed E-state index contributed by atoms with van der Waals surface area (Å²) in [4.78, 5) is 0. The minimum absolute atomic E-state index is 0.682. The molecule has 66 valence electrons. The summed E-state index contributed by atoms with van der Waals surface area (Å²) in [7, 11) is 1.52. The standard InChI is InChI=1S/C7H9NO3S/c1-8(11-12(9)10)7-5-3-2-4-6-7/h2-6H,1H3,(H,9,10)/p-1. The normalized spacial score (nSPS) is 12.5. The molecule has 0 aliphatic carbocycles. The predicted octanol–water partition coefficient (Wildman–Crippen LogP) is 0.849. The van der Waals surface area contributed by atoms with Gasteiger partial charge in [-0.05, 0) is 12.1 Å². The summed E-state index contributed by atoms with van der Waals surface area (Å²) in [5.41, 5.74) is 0.682. The highest BCUT2D eigenvalue weighted by Crippen LogP contribution is 2.11. The molecule has 12 heavy (non-hydrogen) atoms. The van der Waals surface area contributed by atoms with Crippen LogP contribution in [0.3, 0.4) is 0 Å². The van der Waals surface area contributed by atoms with Gasteiger partial charge in [-0.1, -0.05) is 18.2 Å². The number of hydrogen-bond acceptors (Lipinski definition) is 4. The van der Waals surface area contributed by atoms with Crippen molar-refractivity contribution >= 4 is 17.0 Å². The smallest absolute Gasteiger partial charge is 0.112 e. The Balaban J connectivity index is 2.65. The van der Waals surface area contributed by atoms with E-state index < -0.39 is 11.4 Å². The molecule has 0 amide bonds. The van der Waals surface area contributed by atoms with Crippen molar-refractivity contribution < 1.29 is 13.0 Å². The van der Waals surface area contributed by atoms with Gasteiger partial charge in [0.25, 0.3) is 0 Å². The van der Waals surface area contributed by atoms with Gasteiger partial charge in [0.05, 0.1) is 5.69 Å². The third-order valence-corrected chi connectivity index (χ3v) is 1.64. The zero-order valence-corrected chi connectivity index (χ0v) is 7.28. The van der Waals surface area contributed by atoms with Crippen molar-refractivity contribution in [2.24, 2.45) is 0 Å². The fourth-order valence-corrected chi connectivity index (χ4v) is 1.04. The Morgan fingerprint density at radius 3 is 2.50 bits per heavy atom. The fraction of sp³-hybridized carbons (Fsp3) is 0.143. The van der Waals surface area contributed by atoms with Crippen LogP contribution in [0.5, 0.6) is 0 Å². The van der Waals surface area contributed by atoms with E-state index in [1.807, 2.05) is 6.07 Å². The average Bonchev–Trinajstić information content (AvgIpc) is 2.05. The SMILES string of the molecule is CN(OS(=O)[O-])c1ccccc1. The van der Waals surface area contributed by atoms with Gasteiger partial charge in [0, 0.05) is 7.05 Å². The van der Waals surface area contributed by atoms with Crippen LogP contribution >= 0.6 is 0 Å². The molecule has 0 aromatic heterocycles. The van der Waals surface area contributed by atoms with Crippen molar-refractivity contribution in [2.75, 3.05) is 12.1 Å². The second kappa shape index (κ2) is 4.20. The maximum Gasteiger partial charge on any atom is 0.112 e. The largest absolute Gasteiger partial charge is 0.748 e. The van der Waals surface area contributed by atoms with Gasteiger partial charge < -0.3 is 4.55 Å². The second-order valence-electron chi connectivity index (χ2n) is 2.11. The molecule has 1 aromatic carbocycles. The van der Waals surface area contributed by atoms with Crippen LogP contribution in [-0.2, 0) is 15.6 Å². The third-order valence-electron chi connectivity index (χ3n) is 1.29. The van der Waals surface area contributed by atoms with Gasteiger partial charge in [0.1, 0.15) is 11.4 Å². The van der Waals surface area contributed by atoms with Gasteiger partial charge >= 0.3 is 0 Å². The number of nitrogens with zero attached hydrogens (tertiary/aromatic N) is 1. The minimum atomic E-state index is -2.52. The molecule has 0 bridgehead atoms. The molecule has 1 aromatic rings. The summed E-state index contributed by atoms with van der Waals surface area (Å²) in [6.07, 6.45) is 0. The molecule has 0 radical (unpaired) electrons. The third kappa shape index (κ3) is 2.61. The maximum atomic E-state index is 10.1. The van der Waals surface area contributed by atoms with E-state index in [1.165, 1.54) is 12.1 Å². The Hall–Kier alpha value is -0.910. The van der Waals surface area contributed by atoms with Gasteiger partial charge in [-0.2, -0.15) is 4.28 Å². The molecule has 0 N–H and O–H groups in total. The van der Waals surface area contributed by atoms with Crippen LogP contribution in [0.1, 0.15) is 0 Å². The van der Waals surface area contributed by atoms with Crippen molar-refractivity contribution in [1.82, 2.24) is 0 Å². The molecular formula is C7H8NO3S-. The molecule has 1 atom stereocenters. The first-order valence-corrected chi connectivity index (χ1v) is 4.26. The Morgan fingerprint density at radius 1 is 1.42 bits per heavy atom. The quantitative estimate of drug-likeness (QED) is 0.518. The molecule has 0 saturated heterocycles. The van der Waals surface area contributed by atoms with Crippen LogP contribution < -0.4 is 5.06 Å². The van der Waals surface area contributed by atoms with Crippen molar-refractivity contribution in [3.63, 3.8) is 0 Å². The maximum absolute atomic E-state index is 10.1. The lowest BCUT2D eigenvalue weighted by Crippen LogP contribution is -2.18. The summed E-state index contributed by atoms with van der Waals surface area (Å²) in [5.74, 6) is 0. The van der Waals surface area contributed by atoms with E-state index in [4.69, 9.17) is 0 Å². The van der Waals surface area contributed by atoms with E-state index in [1.54, 1.807) is 24.3 Å². The fourth-order valence-electron chi connectivity index (χ4n) is 0.772. The summed E-state index contributed by atoms with van der Waals surface area (Å²) in [5, 5.41) is 1.17. The Kier molecular flexibility index (Phi) is 3.21. The Morgan fingerprint density at radius 2 is 2.00 bits per heavy atom. The Labute approximate surface area is 73.2 Å². The molecule has 0 aliphatic rings. The lowest BCUT2D eigenvalue weighted by Gasteiger charge is -2.18. The minimum Gasteiger partial charge on any atom is -0.748 e. The highest BCUT2D eigenvalue weighted by atomic mass is 32.2. The lowest BCUT2D eigenvalue weighted by atomic mass is 10.3. The van der Waals surface area contributed by atoms with Crippen LogP contribution in [0.15, 0.2) is 30.3 Å². The molecule has 0 saturated carbocycles. The van der Waals surface area contributed by atoms with Crippen LogP contribution in [-0.4, -0.2) is 15.8 Å². The first kappa shape index (κ1) is 9.18. The molecule has 0 heterocycles. The van der Waals surface area contributed by atoms with Crippen molar-refractivity contribution in [3.05, 3.63) is 30.3 Å². The molecule has 1 unspecified atom stereocenters. The summed E-state index contributed by atoms with van der Waals surface area (Å²) in [6.45, 7) is 0. The van der Waals surface area contributed by atoms with Crippen molar-refractivity contribution in [1.29, 1.82) is 0 Å². The topological polar surface area (TPSA) is 52.6 Å². The molecule has 0 fully saturated rings. The lowest BCUT2D eigenvalue weighted by molar-refractivity contribution is 0.289. The van der Waals surface area contributed by atoms with Crippen LogP contribution in [0.25, 0.3) is 0 Å². The van der Waals surface area contributed by atoms with E-state index in [9.17, 15) is 8.76 Å². The first-order valence-electron chi connectivity index (χ1n) is 3.26. The van der Waals surface area contributed by atoms with Gasteiger partial charge in [-0.15, -0.1) is 0 Å². The zero-order chi connectivity index (χ0) is 8.97. The van der Waals surface area contributed by atoms with Crippen LogP contribution in [0, 0.1) is 0 Å². The summed E-state index contributed by atoms with van der Waals surface area (Å²) < 4.78 is 24.6. The summed E-state index contributed by atoms with van der Waals surface area (Å²) in [6, 6.07) is 8.91. The first-order chi connectivity index (χ1) is 5.70. The average molecular weight is 186 g/mol. The molecule has 5 heteroatoms. The van der Waals surface area contributed by atoms with E-state index in [2.05, 4.69) is 4.28 Å². The number of hydrogen-bond donors (Lipinski definition) is 0. The van der Waals surface area contributed by atoms with Gasteiger partial charge in [0.15, 0.2) is 0 Å².